The van der Waals surface area contributed by atoms with Crippen LogP contribution in [0, 0.1) is 6.92 Å². The van der Waals surface area contributed by atoms with Crippen LogP contribution in [0.15, 0.2) is 36.5 Å². The van der Waals surface area contributed by atoms with Gasteiger partial charge in [0.25, 0.3) is 5.91 Å². The summed E-state index contributed by atoms with van der Waals surface area (Å²) in [5.41, 5.74) is 4.31. The van der Waals surface area contributed by atoms with Crippen LogP contribution in [-0.2, 0) is 7.05 Å². The van der Waals surface area contributed by atoms with Gasteiger partial charge in [0, 0.05) is 29.7 Å². The van der Waals surface area contributed by atoms with Crippen LogP contribution in [0.25, 0.3) is 22.2 Å². The van der Waals surface area contributed by atoms with Crippen molar-refractivity contribution in [2.24, 2.45) is 7.05 Å². The van der Waals surface area contributed by atoms with E-state index in [1.807, 2.05) is 55.2 Å². The first-order valence-electron chi connectivity index (χ1n) is 8.83. The van der Waals surface area contributed by atoms with E-state index in [1.54, 1.807) is 0 Å². The van der Waals surface area contributed by atoms with Crippen molar-refractivity contribution >= 4 is 16.8 Å². The number of nitrogens with zero attached hydrogens (tertiary/aromatic N) is 3. The van der Waals surface area contributed by atoms with Crippen LogP contribution in [0.3, 0.4) is 0 Å². The van der Waals surface area contributed by atoms with Crippen LogP contribution in [-0.4, -0.2) is 26.7 Å². The van der Waals surface area contributed by atoms with Gasteiger partial charge in [-0.2, -0.15) is 5.10 Å². The average Bonchev–Trinajstić information content (AvgIpc) is 3.24. The number of para-hydroxylation sites is 1. The number of amides is 1. The highest BCUT2D eigenvalue weighted by Crippen LogP contribution is 2.27. The molecule has 0 radical (unpaired) electrons. The van der Waals surface area contributed by atoms with Crippen LogP contribution >= 0.6 is 0 Å². The molecule has 5 heteroatoms. The molecule has 2 heterocycles. The maximum Gasteiger partial charge on any atom is 0.252 e. The van der Waals surface area contributed by atoms with Crippen LogP contribution in [0.5, 0.6) is 0 Å². The Hall–Kier alpha value is -2.69. The zero-order chi connectivity index (χ0) is 17.4. The number of hydrogen-bond acceptors (Lipinski definition) is 3. The molecule has 0 bridgehead atoms. The van der Waals surface area contributed by atoms with Crippen molar-refractivity contribution in [2.75, 3.05) is 0 Å². The van der Waals surface area contributed by atoms with E-state index in [1.165, 1.54) is 12.8 Å². The minimum absolute atomic E-state index is 0.00621. The van der Waals surface area contributed by atoms with E-state index in [4.69, 9.17) is 4.98 Å². The van der Waals surface area contributed by atoms with Gasteiger partial charge in [-0.05, 0) is 31.9 Å². The molecule has 0 unspecified atom stereocenters. The predicted molar refractivity (Wildman–Crippen MR) is 98.4 cm³/mol. The molecule has 4 rings (SSSR count). The topological polar surface area (TPSA) is 59.8 Å². The minimum Gasteiger partial charge on any atom is -0.349 e. The number of carbonyl (C=O) groups is 1. The molecule has 0 saturated heterocycles. The van der Waals surface area contributed by atoms with Crippen LogP contribution in [0.2, 0.25) is 0 Å². The fourth-order valence-electron chi connectivity index (χ4n) is 3.58. The lowest BCUT2D eigenvalue weighted by molar-refractivity contribution is 0.0939. The fraction of sp³-hybridized carbons (Fsp3) is 0.350. The average molecular weight is 334 g/mol. The van der Waals surface area contributed by atoms with E-state index >= 15 is 0 Å². The lowest BCUT2D eigenvalue weighted by atomic mass is 10.0. The molecule has 25 heavy (non-hydrogen) atoms. The molecular formula is C20H22N4O. The Morgan fingerprint density at radius 2 is 2.00 bits per heavy atom. The van der Waals surface area contributed by atoms with Crippen molar-refractivity contribution in [3.05, 3.63) is 47.8 Å². The second-order valence-corrected chi connectivity index (χ2v) is 6.79. The lowest BCUT2D eigenvalue weighted by Crippen LogP contribution is -2.32. The highest BCUT2D eigenvalue weighted by atomic mass is 16.1. The summed E-state index contributed by atoms with van der Waals surface area (Å²) in [6.07, 6.45) is 6.35. The number of benzene rings is 1. The molecule has 2 aromatic heterocycles. The normalized spacial score (nSPS) is 15.0. The number of carbonyl (C=O) groups excluding carboxylic acids is 1. The molecule has 1 amide bonds. The Bertz CT molecular complexity index is 938. The fourth-order valence-corrected chi connectivity index (χ4v) is 3.58. The van der Waals surface area contributed by atoms with Crippen molar-refractivity contribution in [3.63, 3.8) is 0 Å². The summed E-state index contributed by atoms with van der Waals surface area (Å²) in [7, 11) is 1.91. The number of nitrogens with one attached hydrogen (secondary N) is 1. The smallest absolute Gasteiger partial charge is 0.252 e. The molecule has 1 N–H and O–H groups in total. The second kappa shape index (κ2) is 6.31. The maximum atomic E-state index is 12.9. The monoisotopic (exact) mass is 334 g/mol. The summed E-state index contributed by atoms with van der Waals surface area (Å²) in [5, 5.41) is 8.40. The Kier molecular flexibility index (Phi) is 3.99. The van der Waals surface area contributed by atoms with Gasteiger partial charge in [0.2, 0.25) is 0 Å². The number of pyridine rings is 1. The van der Waals surface area contributed by atoms with Crippen molar-refractivity contribution in [3.8, 4) is 11.3 Å². The van der Waals surface area contributed by atoms with Gasteiger partial charge in [-0.3, -0.25) is 9.48 Å². The van der Waals surface area contributed by atoms with Crippen molar-refractivity contribution in [1.29, 1.82) is 0 Å². The van der Waals surface area contributed by atoms with Gasteiger partial charge in [0.05, 0.1) is 23.0 Å². The number of aryl methyl sites for hydroxylation is 1. The third-order valence-electron chi connectivity index (χ3n) is 5.16. The number of aromatic nitrogens is 3. The zero-order valence-electron chi connectivity index (χ0n) is 14.6. The minimum atomic E-state index is -0.00621. The van der Waals surface area contributed by atoms with E-state index < -0.39 is 0 Å². The van der Waals surface area contributed by atoms with Gasteiger partial charge < -0.3 is 5.32 Å². The molecule has 1 saturated carbocycles. The predicted octanol–water partition coefficient (Wildman–Crippen LogP) is 3.62. The summed E-state index contributed by atoms with van der Waals surface area (Å²) in [5.74, 6) is -0.00621. The first-order chi connectivity index (χ1) is 12.1. The van der Waals surface area contributed by atoms with Gasteiger partial charge in [-0.1, -0.05) is 31.0 Å². The summed E-state index contributed by atoms with van der Waals surface area (Å²) in [6.45, 7) is 2.01. The Balaban J connectivity index is 1.81. The zero-order valence-corrected chi connectivity index (χ0v) is 14.6. The Labute approximate surface area is 147 Å². The number of rotatable bonds is 3. The Morgan fingerprint density at radius 1 is 1.24 bits per heavy atom. The van der Waals surface area contributed by atoms with Crippen molar-refractivity contribution < 1.29 is 4.79 Å². The molecule has 3 aromatic rings. The van der Waals surface area contributed by atoms with Gasteiger partial charge in [-0.25, -0.2) is 4.98 Å². The van der Waals surface area contributed by atoms with Crippen LogP contribution < -0.4 is 5.32 Å². The van der Waals surface area contributed by atoms with Gasteiger partial charge in [0.1, 0.15) is 0 Å². The van der Waals surface area contributed by atoms with E-state index in [0.29, 0.717) is 11.6 Å². The van der Waals surface area contributed by atoms with Gasteiger partial charge in [-0.15, -0.1) is 0 Å². The number of hydrogen-bond donors (Lipinski definition) is 1. The van der Waals surface area contributed by atoms with Gasteiger partial charge >= 0.3 is 0 Å². The van der Waals surface area contributed by atoms with Crippen LogP contribution in [0.1, 0.15) is 41.7 Å². The quantitative estimate of drug-likeness (QED) is 0.796. The van der Waals surface area contributed by atoms with Crippen molar-refractivity contribution in [1.82, 2.24) is 20.1 Å². The van der Waals surface area contributed by atoms with Crippen LogP contribution in [0.4, 0.5) is 0 Å². The largest absolute Gasteiger partial charge is 0.349 e. The molecule has 1 aliphatic carbocycles. The molecule has 128 valence electrons. The molecule has 0 aliphatic heterocycles. The standard InChI is InChI=1S/C20H22N4O/c1-13-17(12-21-24(13)2)19-11-16(15-9-5-6-10-18(15)23-19)20(25)22-14-7-3-4-8-14/h5-6,9-12,14H,3-4,7-8H2,1-2H3,(H,22,25). The van der Waals surface area contributed by atoms with Gasteiger partial charge in [0.15, 0.2) is 0 Å². The molecule has 0 atom stereocenters. The third kappa shape index (κ3) is 2.90. The molecule has 1 fully saturated rings. The maximum absolute atomic E-state index is 12.9. The Morgan fingerprint density at radius 3 is 2.72 bits per heavy atom. The highest BCUT2D eigenvalue weighted by molar-refractivity contribution is 6.07. The lowest BCUT2D eigenvalue weighted by Gasteiger charge is -2.14. The number of fused-ring (bicyclic) bond motifs is 1. The first-order valence-corrected chi connectivity index (χ1v) is 8.83. The molecular weight excluding hydrogens is 312 g/mol. The SMILES string of the molecule is Cc1c(-c2cc(C(=O)NC3CCCC3)c3ccccc3n2)cnn1C. The summed E-state index contributed by atoms with van der Waals surface area (Å²) < 4.78 is 1.82. The molecule has 1 aromatic carbocycles. The molecule has 5 nitrogen and oxygen atoms in total. The summed E-state index contributed by atoms with van der Waals surface area (Å²) in [4.78, 5) is 17.7. The van der Waals surface area contributed by atoms with E-state index in [0.717, 1.165) is 40.7 Å². The molecule has 1 aliphatic rings. The summed E-state index contributed by atoms with van der Waals surface area (Å²) >= 11 is 0. The molecule has 0 spiro atoms. The highest BCUT2D eigenvalue weighted by Gasteiger charge is 2.21. The van der Waals surface area contributed by atoms with E-state index in [9.17, 15) is 4.79 Å². The first kappa shape index (κ1) is 15.8. The second-order valence-electron chi connectivity index (χ2n) is 6.79. The van der Waals surface area contributed by atoms with E-state index in [-0.39, 0.29) is 5.91 Å². The third-order valence-corrected chi connectivity index (χ3v) is 5.16. The summed E-state index contributed by atoms with van der Waals surface area (Å²) in [6, 6.07) is 10.0. The van der Waals surface area contributed by atoms with Crippen molar-refractivity contribution in [2.45, 2.75) is 38.6 Å². The van der Waals surface area contributed by atoms with E-state index in [2.05, 4.69) is 10.4 Å².